The summed E-state index contributed by atoms with van der Waals surface area (Å²) in [4.78, 5) is 11.4. The van der Waals surface area contributed by atoms with Gasteiger partial charge in [0.15, 0.2) is 0 Å². The molecule has 0 aliphatic heterocycles. The van der Waals surface area contributed by atoms with Crippen molar-refractivity contribution in [1.29, 1.82) is 0 Å². The lowest BCUT2D eigenvalue weighted by atomic mass is 9.91. The van der Waals surface area contributed by atoms with Crippen LogP contribution in [0.1, 0.15) is 30.9 Å². The Labute approximate surface area is 99.7 Å². The molecule has 1 aromatic carbocycles. The molecule has 3 nitrogen and oxygen atoms in total. The van der Waals surface area contributed by atoms with Crippen LogP contribution in [0, 0.1) is 12.7 Å². The van der Waals surface area contributed by atoms with Crippen molar-refractivity contribution >= 4 is 5.97 Å². The van der Waals surface area contributed by atoms with Gasteiger partial charge in [-0.05, 0) is 43.9 Å². The van der Waals surface area contributed by atoms with E-state index in [1.54, 1.807) is 26.0 Å². The first-order valence-corrected chi connectivity index (χ1v) is 5.71. The number of carboxylic acid groups (broad SMARTS) is 1. The Morgan fingerprint density at radius 1 is 1.53 bits per heavy atom. The minimum Gasteiger partial charge on any atom is -0.480 e. The van der Waals surface area contributed by atoms with E-state index in [1.807, 2.05) is 0 Å². The quantitative estimate of drug-likeness (QED) is 0.844. The fourth-order valence-electron chi connectivity index (χ4n) is 1.81. The molecule has 1 fully saturated rings. The SMILES string of the molecule is Cc1ccc(C(C)(NC2CC2)C(=O)O)cc1F. The van der Waals surface area contributed by atoms with E-state index >= 15 is 0 Å². The third-order valence-corrected chi connectivity index (χ3v) is 3.25. The van der Waals surface area contributed by atoms with Crippen molar-refractivity contribution in [2.45, 2.75) is 38.3 Å². The molecule has 0 spiro atoms. The van der Waals surface area contributed by atoms with Crippen LogP contribution >= 0.6 is 0 Å². The summed E-state index contributed by atoms with van der Waals surface area (Å²) < 4.78 is 13.5. The highest BCUT2D eigenvalue weighted by atomic mass is 19.1. The molecule has 4 heteroatoms. The van der Waals surface area contributed by atoms with Crippen LogP contribution < -0.4 is 5.32 Å². The molecule has 1 aromatic rings. The van der Waals surface area contributed by atoms with Crippen molar-refractivity contribution < 1.29 is 14.3 Å². The Morgan fingerprint density at radius 3 is 2.65 bits per heavy atom. The highest BCUT2D eigenvalue weighted by Crippen LogP contribution is 2.29. The van der Waals surface area contributed by atoms with Crippen LogP contribution in [-0.2, 0) is 10.3 Å². The average Bonchev–Trinajstić information content (AvgIpc) is 3.05. The lowest BCUT2D eigenvalue weighted by Crippen LogP contribution is -2.47. The number of aliphatic carboxylic acids is 1. The van der Waals surface area contributed by atoms with Crippen LogP contribution in [0.4, 0.5) is 4.39 Å². The van der Waals surface area contributed by atoms with E-state index in [2.05, 4.69) is 5.32 Å². The minimum atomic E-state index is -1.21. The standard InChI is InChI=1S/C13H16FNO2/c1-8-3-4-9(7-11(8)14)13(2,12(16)17)15-10-5-6-10/h3-4,7,10,15H,5-6H2,1-2H3,(H,16,17). The summed E-state index contributed by atoms with van der Waals surface area (Å²) in [5.74, 6) is -1.35. The van der Waals surface area contributed by atoms with E-state index in [9.17, 15) is 14.3 Å². The maximum atomic E-state index is 13.5. The van der Waals surface area contributed by atoms with Gasteiger partial charge in [0.25, 0.3) is 0 Å². The van der Waals surface area contributed by atoms with Gasteiger partial charge in [-0.2, -0.15) is 0 Å². The Bertz CT molecular complexity index is 457. The summed E-state index contributed by atoms with van der Waals surface area (Å²) in [6.45, 7) is 3.24. The van der Waals surface area contributed by atoms with Gasteiger partial charge in [-0.3, -0.25) is 5.32 Å². The molecule has 2 N–H and O–H groups in total. The first-order valence-electron chi connectivity index (χ1n) is 5.71. The Kier molecular flexibility index (Phi) is 2.91. The molecular formula is C13H16FNO2. The van der Waals surface area contributed by atoms with Gasteiger partial charge in [0.2, 0.25) is 0 Å². The van der Waals surface area contributed by atoms with E-state index in [0.717, 1.165) is 12.8 Å². The van der Waals surface area contributed by atoms with E-state index in [0.29, 0.717) is 11.1 Å². The van der Waals surface area contributed by atoms with Gasteiger partial charge in [-0.1, -0.05) is 12.1 Å². The number of carbonyl (C=O) groups is 1. The van der Waals surface area contributed by atoms with Crippen LogP contribution in [0.2, 0.25) is 0 Å². The van der Waals surface area contributed by atoms with Crippen molar-refractivity contribution in [3.05, 3.63) is 35.1 Å². The second-order valence-corrected chi connectivity index (χ2v) is 4.81. The van der Waals surface area contributed by atoms with E-state index < -0.39 is 11.5 Å². The molecule has 2 rings (SSSR count). The fraction of sp³-hybridized carbons (Fsp3) is 0.462. The first kappa shape index (κ1) is 12.0. The molecule has 1 aliphatic carbocycles. The van der Waals surface area contributed by atoms with Crippen molar-refractivity contribution in [3.63, 3.8) is 0 Å². The molecule has 1 saturated carbocycles. The molecule has 0 amide bonds. The van der Waals surface area contributed by atoms with Gasteiger partial charge in [0.1, 0.15) is 11.4 Å². The Balaban J connectivity index is 2.36. The number of aryl methyl sites for hydroxylation is 1. The number of hydrogen-bond donors (Lipinski definition) is 2. The lowest BCUT2D eigenvalue weighted by molar-refractivity contribution is -0.144. The number of rotatable bonds is 4. The zero-order valence-corrected chi connectivity index (χ0v) is 9.96. The van der Waals surface area contributed by atoms with Crippen LogP contribution in [0.3, 0.4) is 0 Å². The van der Waals surface area contributed by atoms with Gasteiger partial charge in [-0.25, -0.2) is 9.18 Å². The van der Waals surface area contributed by atoms with Gasteiger partial charge in [-0.15, -0.1) is 0 Å². The predicted molar refractivity (Wildman–Crippen MR) is 62.3 cm³/mol. The van der Waals surface area contributed by atoms with E-state index in [-0.39, 0.29) is 11.9 Å². The summed E-state index contributed by atoms with van der Waals surface area (Å²) in [6.07, 6.45) is 1.97. The van der Waals surface area contributed by atoms with Gasteiger partial charge in [0, 0.05) is 6.04 Å². The van der Waals surface area contributed by atoms with Crippen molar-refractivity contribution in [2.75, 3.05) is 0 Å². The molecule has 0 bridgehead atoms. The minimum absolute atomic E-state index is 0.237. The van der Waals surface area contributed by atoms with E-state index in [1.165, 1.54) is 6.07 Å². The summed E-state index contributed by atoms with van der Waals surface area (Å²) in [5, 5.41) is 12.4. The van der Waals surface area contributed by atoms with Crippen molar-refractivity contribution in [2.24, 2.45) is 0 Å². The topological polar surface area (TPSA) is 49.3 Å². The van der Waals surface area contributed by atoms with Gasteiger partial charge in [0.05, 0.1) is 0 Å². The molecule has 1 unspecified atom stereocenters. The molecular weight excluding hydrogens is 221 g/mol. The first-order chi connectivity index (χ1) is 7.93. The third kappa shape index (κ3) is 2.31. The maximum Gasteiger partial charge on any atom is 0.328 e. The van der Waals surface area contributed by atoms with E-state index in [4.69, 9.17) is 0 Å². The molecule has 1 aliphatic rings. The number of carboxylic acids is 1. The number of hydrogen-bond acceptors (Lipinski definition) is 2. The molecule has 92 valence electrons. The van der Waals surface area contributed by atoms with Crippen molar-refractivity contribution in [1.82, 2.24) is 5.32 Å². The van der Waals surface area contributed by atoms with Crippen LogP contribution in [0.25, 0.3) is 0 Å². The predicted octanol–water partition coefficient (Wildman–Crippen LogP) is 2.19. The molecule has 17 heavy (non-hydrogen) atoms. The summed E-state index contributed by atoms with van der Waals surface area (Å²) in [7, 11) is 0. The molecule has 0 saturated heterocycles. The molecule has 0 aromatic heterocycles. The molecule has 1 atom stereocenters. The highest BCUT2D eigenvalue weighted by Gasteiger charge is 2.40. The monoisotopic (exact) mass is 237 g/mol. The normalized spacial score (nSPS) is 18.8. The molecule has 0 radical (unpaired) electrons. The zero-order chi connectivity index (χ0) is 12.6. The van der Waals surface area contributed by atoms with Crippen LogP contribution in [0.15, 0.2) is 18.2 Å². The Morgan fingerprint density at radius 2 is 2.18 bits per heavy atom. The summed E-state index contributed by atoms with van der Waals surface area (Å²) in [5.41, 5.74) is -0.233. The largest absolute Gasteiger partial charge is 0.480 e. The fourth-order valence-corrected chi connectivity index (χ4v) is 1.81. The Hall–Kier alpha value is -1.42. The van der Waals surface area contributed by atoms with Crippen LogP contribution in [0.5, 0.6) is 0 Å². The number of halogens is 1. The summed E-state index contributed by atoms with van der Waals surface area (Å²) >= 11 is 0. The summed E-state index contributed by atoms with van der Waals surface area (Å²) in [6, 6.07) is 4.82. The average molecular weight is 237 g/mol. The number of nitrogens with one attached hydrogen (secondary N) is 1. The van der Waals surface area contributed by atoms with Gasteiger partial charge >= 0.3 is 5.97 Å². The van der Waals surface area contributed by atoms with Crippen molar-refractivity contribution in [3.8, 4) is 0 Å². The zero-order valence-electron chi connectivity index (χ0n) is 9.96. The lowest BCUT2D eigenvalue weighted by Gasteiger charge is -2.27. The maximum absolute atomic E-state index is 13.5. The second-order valence-electron chi connectivity index (χ2n) is 4.81. The third-order valence-electron chi connectivity index (χ3n) is 3.25. The van der Waals surface area contributed by atoms with Crippen LogP contribution in [-0.4, -0.2) is 17.1 Å². The molecule has 0 heterocycles. The highest BCUT2D eigenvalue weighted by molar-refractivity contribution is 5.80. The smallest absolute Gasteiger partial charge is 0.328 e. The number of benzene rings is 1. The van der Waals surface area contributed by atoms with Gasteiger partial charge < -0.3 is 5.11 Å². The second kappa shape index (κ2) is 4.11.